The summed E-state index contributed by atoms with van der Waals surface area (Å²) in [6, 6.07) is 7.18. The van der Waals surface area contributed by atoms with E-state index in [-0.39, 0.29) is 6.10 Å². The fourth-order valence-corrected chi connectivity index (χ4v) is 2.63. The van der Waals surface area contributed by atoms with E-state index in [0.29, 0.717) is 23.9 Å². The van der Waals surface area contributed by atoms with Gasteiger partial charge in [0.15, 0.2) is 5.82 Å². The minimum Gasteiger partial charge on any atom is -0.455 e. The summed E-state index contributed by atoms with van der Waals surface area (Å²) in [5, 5.41) is 4.85. The van der Waals surface area contributed by atoms with E-state index in [1.165, 1.54) is 28.2 Å². The highest BCUT2D eigenvalue weighted by molar-refractivity contribution is 6.30. The Bertz CT molecular complexity index is 897. The molecule has 148 valence electrons. The van der Waals surface area contributed by atoms with Gasteiger partial charge in [0.1, 0.15) is 18.0 Å². The Morgan fingerprint density at radius 3 is 2.71 bits per heavy atom. The van der Waals surface area contributed by atoms with Crippen LogP contribution in [0.25, 0.3) is 17.6 Å². The molecule has 8 nitrogen and oxygen atoms in total. The third kappa shape index (κ3) is 5.32. The van der Waals surface area contributed by atoms with E-state index in [1.54, 1.807) is 32.9 Å². The summed E-state index contributed by atoms with van der Waals surface area (Å²) >= 11 is 5.96. The van der Waals surface area contributed by atoms with E-state index in [0.717, 1.165) is 5.56 Å². The van der Waals surface area contributed by atoms with E-state index in [4.69, 9.17) is 21.1 Å². The Hall–Kier alpha value is -2.87. The van der Waals surface area contributed by atoms with Crippen molar-refractivity contribution in [2.45, 2.75) is 32.5 Å². The van der Waals surface area contributed by atoms with Gasteiger partial charge in [-0.1, -0.05) is 23.7 Å². The molecule has 1 aliphatic heterocycles. The van der Waals surface area contributed by atoms with Crippen LogP contribution in [0.2, 0.25) is 5.02 Å². The first-order valence-corrected chi connectivity index (χ1v) is 9.11. The number of hydrogen-bond acceptors (Lipinski definition) is 6. The number of halogens is 1. The van der Waals surface area contributed by atoms with Crippen LogP contribution in [0.5, 0.6) is 0 Å². The van der Waals surface area contributed by atoms with Crippen molar-refractivity contribution in [1.29, 1.82) is 0 Å². The first kappa shape index (κ1) is 19.9. The molecule has 0 saturated carbocycles. The average Bonchev–Trinajstić information content (AvgIpc) is 3.03. The largest absolute Gasteiger partial charge is 0.455 e. The lowest BCUT2D eigenvalue weighted by Crippen LogP contribution is -2.56. The Morgan fingerprint density at radius 2 is 2.04 bits per heavy atom. The zero-order chi connectivity index (χ0) is 20.3. The van der Waals surface area contributed by atoms with Crippen molar-refractivity contribution in [3.05, 3.63) is 41.7 Å². The van der Waals surface area contributed by atoms with Gasteiger partial charge in [-0.2, -0.15) is 0 Å². The van der Waals surface area contributed by atoms with Crippen LogP contribution >= 0.6 is 11.6 Å². The number of likely N-dealkylation sites (tertiary alicyclic amines) is 1. The highest BCUT2D eigenvalue weighted by Gasteiger charge is 2.35. The summed E-state index contributed by atoms with van der Waals surface area (Å²) < 4.78 is 11.9. The number of carbonyl (C=O) groups excluding carboxylic acids is 2. The lowest BCUT2D eigenvalue weighted by Gasteiger charge is -2.38. The van der Waals surface area contributed by atoms with E-state index in [1.807, 2.05) is 12.1 Å². The van der Waals surface area contributed by atoms with Crippen LogP contribution in [0, 0.1) is 0 Å². The Morgan fingerprint density at radius 1 is 1.29 bits per heavy atom. The number of ether oxygens (including phenoxy) is 2. The molecule has 1 amide bonds. The smallest absolute Gasteiger partial charge is 0.410 e. The van der Waals surface area contributed by atoms with Crippen LogP contribution in [0.3, 0.4) is 0 Å². The molecular formula is C19H21ClN4O4. The molecule has 0 spiro atoms. The van der Waals surface area contributed by atoms with Crippen molar-refractivity contribution in [2.75, 3.05) is 13.1 Å². The van der Waals surface area contributed by atoms with Crippen LogP contribution in [0.1, 0.15) is 20.8 Å². The summed E-state index contributed by atoms with van der Waals surface area (Å²) in [5.41, 5.74) is 0.225. The van der Waals surface area contributed by atoms with Crippen molar-refractivity contribution >= 4 is 29.9 Å². The number of aromatic nitrogens is 3. The van der Waals surface area contributed by atoms with Gasteiger partial charge < -0.3 is 14.4 Å². The number of esters is 1. The maximum Gasteiger partial charge on any atom is 0.410 e. The third-order valence-corrected chi connectivity index (χ3v) is 3.97. The standard InChI is InChI=1S/C19H21ClN4O4/c1-19(2,3)28-18(26)23-10-15(11-23)27-16(25)7-8-24-12-21-17(22-24)13-5-4-6-14(20)9-13/h4-9,12,15H,10-11H2,1-3H3/b8-7-. The maximum atomic E-state index is 11.9. The van der Waals surface area contributed by atoms with Crippen molar-refractivity contribution < 1.29 is 19.1 Å². The van der Waals surface area contributed by atoms with Gasteiger partial charge in [0.05, 0.1) is 13.1 Å². The first-order valence-electron chi connectivity index (χ1n) is 8.73. The van der Waals surface area contributed by atoms with Gasteiger partial charge in [0, 0.05) is 22.9 Å². The SMILES string of the molecule is CC(C)(C)OC(=O)N1CC(OC(=O)/C=C\n2cnc(-c3cccc(Cl)c3)n2)C1. The minimum atomic E-state index is -0.552. The molecule has 2 aromatic rings. The van der Waals surface area contributed by atoms with Gasteiger partial charge in [-0.25, -0.2) is 19.3 Å². The van der Waals surface area contributed by atoms with Crippen LogP contribution in [-0.2, 0) is 14.3 Å². The van der Waals surface area contributed by atoms with E-state index in [2.05, 4.69) is 10.1 Å². The molecule has 0 unspecified atom stereocenters. The van der Waals surface area contributed by atoms with Crippen molar-refractivity contribution in [1.82, 2.24) is 19.7 Å². The molecule has 1 aromatic heterocycles. The number of rotatable bonds is 4. The number of amides is 1. The quantitative estimate of drug-likeness (QED) is 0.574. The van der Waals surface area contributed by atoms with Gasteiger partial charge in [0.2, 0.25) is 0 Å². The molecular weight excluding hydrogens is 384 g/mol. The average molecular weight is 405 g/mol. The highest BCUT2D eigenvalue weighted by atomic mass is 35.5. The molecule has 9 heteroatoms. The fourth-order valence-electron chi connectivity index (χ4n) is 2.44. The normalized spacial score (nSPS) is 14.8. The first-order chi connectivity index (χ1) is 13.2. The monoisotopic (exact) mass is 404 g/mol. The molecule has 3 rings (SSSR count). The predicted molar refractivity (Wildman–Crippen MR) is 103 cm³/mol. The fraction of sp³-hybridized carbons (Fsp3) is 0.368. The third-order valence-electron chi connectivity index (χ3n) is 3.74. The van der Waals surface area contributed by atoms with Gasteiger partial charge in [-0.15, -0.1) is 5.10 Å². The lowest BCUT2D eigenvalue weighted by molar-refractivity contribution is -0.150. The van der Waals surface area contributed by atoms with Crippen LogP contribution < -0.4 is 0 Å². The lowest BCUT2D eigenvalue weighted by atomic mass is 10.2. The summed E-state index contributed by atoms with van der Waals surface area (Å²) in [6.45, 7) is 6.03. The molecule has 0 bridgehead atoms. The summed E-state index contributed by atoms with van der Waals surface area (Å²) in [4.78, 5) is 29.4. The molecule has 0 aliphatic carbocycles. The molecule has 1 aromatic carbocycles. The van der Waals surface area contributed by atoms with Crippen molar-refractivity contribution in [2.24, 2.45) is 0 Å². The topological polar surface area (TPSA) is 86.5 Å². The van der Waals surface area contributed by atoms with Crippen molar-refractivity contribution in [3.63, 3.8) is 0 Å². The summed E-state index contributed by atoms with van der Waals surface area (Å²) in [6.07, 6.45) is 3.43. The number of nitrogens with zero attached hydrogens (tertiary/aromatic N) is 4. The van der Waals surface area contributed by atoms with Gasteiger partial charge in [-0.05, 0) is 32.9 Å². The number of benzene rings is 1. The second kappa shape index (κ2) is 8.02. The molecule has 1 aliphatic rings. The molecule has 0 N–H and O–H groups in total. The number of carbonyl (C=O) groups is 2. The van der Waals surface area contributed by atoms with Gasteiger partial charge in [0.25, 0.3) is 0 Å². The molecule has 28 heavy (non-hydrogen) atoms. The second-order valence-corrected chi connectivity index (χ2v) is 7.75. The van der Waals surface area contributed by atoms with Gasteiger partial charge >= 0.3 is 12.1 Å². The zero-order valence-electron chi connectivity index (χ0n) is 15.8. The highest BCUT2D eigenvalue weighted by Crippen LogP contribution is 2.19. The summed E-state index contributed by atoms with van der Waals surface area (Å²) in [7, 11) is 0. The van der Waals surface area contributed by atoms with Crippen molar-refractivity contribution in [3.8, 4) is 11.4 Å². The minimum absolute atomic E-state index is 0.316. The van der Waals surface area contributed by atoms with Gasteiger partial charge in [-0.3, -0.25) is 0 Å². The zero-order valence-corrected chi connectivity index (χ0v) is 16.6. The van der Waals surface area contributed by atoms with E-state index < -0.39 is 17.7 Å². The van der Waals surface area contributed by atoms with Crippen LogP contribution in [-0.4, -0.2) is 56.5 Å². The molecule has 1 fully saturated rings. The Labute approximate surface area is 167 Å². The number of hydrogen-bond donors (Lipinski definition) is 0. The predicted octanol–water partition coefficient (Wildman–Crippen LogP) is 3.23. The molecule has 1 saturated heterocycles. The van der Waals surface area contributed by atoms with E-state index >= 15 is 0 Å². The van der Waals surface area contributed by atoms with Crippen LogP contribution in [0.4, 0.5) is 4.79 Å². The Kier molecular flexibility index (Phi) is 5.69. The summed E-state index contributed by atoms with van der Waals surface area (Å²) in [5.74, 6) is -0.0267. The second-order valence-electron chi connectivity index (χ2n) is 7.32. The van der Waals surface area contributed by atoms with E-state index in [9.17, 15) is 9.59 Å². The molecule has 0 radical (unpaired) electrons. The molecule has 0 atom stereocenters. The maximum absolute atomic E-state index is 11.9. The van der Waals surface area contributed by atoms with Crippen LogP contribution in [0.15, 0.2) is 36.7 Å². The Balaban J connectivity index is 1.47. The molecule has 2 heterocycles.